The molecule has 0 spiro atoms. The zero-order valence-corrected chi connectivity index (χ0v) is 23.5. The molecule has 11 heteroatoms. The third-order valence-electron chi connectivity index (χ3n) is 7.65. The summed E-state index contributed by atoms with van der Waals surface area (Å²) in [5, 5.41) is 21.5. The second-order valence-corrected chi connectivity index (χ2v) is 11.3. The van der Waals surface area contributed by atoms with Crippen LogP contribution in [0.3, 0.4) is 0 Å². The zero-order valence-electron chi connectivity index (χ0n) is 22.7. The van der Waals surface area contributed by atoms with Crippen molar-refractivity contribution in [2.24, 2.45) is 7.05 Å². The van der Waals surface area contributed by atoms with E-state index in [9.17, 15) is 9.90 Å². The van der Waals surface area contributed by atoms with Gasteiger partial charge in [0.1, 0.15) is 23.2 Å². The third-order valence-corrected chi connectivity index (χ3v) is 8.66. The number of ether oxygens (including phenoxy) is 1. The van der Waals surface area contributed by atoms with Crippen molar-refractivity contribution in [2.75, 3.05) is 12.3 Å². The number of hydrogen-bond donors (Lipinski definition) is 2. The number of nitrogens with two attached hydrogens (primary N) is 1. The van der Waals surface area contributed by atoms with Crippen LogP contribution in [-0.2, 0) is 24.9 Å². The molecule has 0 radical (unpaired) electrons. The summed E-state index contributed by atoms with van der Waals surface area (Å²) >= 11 is 1.70. The normalized spacial score (nSPS) is 16.5. The molecule has 5 heterocycles. The Morgan fingerprint density at radius 1 is 1.30 bits per heavy atom. The van der Waals surface area contributed by atoms with Crippen molar-refractivity contribution in [1.82, 2.24) is 29.9 Å². The molecule has 0 bridgehead atoms. The first-order valence-electron chi connectivity index (χ1n) is 13.3. The number of fused-ring (bicyclic) bond motifs is 3. The number of rotatable bonds is 7. The van der Waals surface area contributed by atoms with E-state index >= 15 is 0 Å². The Labute approximate surface area is 235 Å². The van der Waals surface area contributed by atoms with Crippen molar-refractivity contribution in [1.29, 1.82) is 0 Å². The van der Waals surface area contributed by atoms with E-state index in [1.807, 2.05) is 13.0 Å². The van der Waals surface area contributed by atoms with Gasteiger partial charge in [-0.3, -0.25) is 9.69 Å². The van der Waals surface area contributed by atoms with Crippen LogP contribution >= 0.6 is 11.3 Å². The number of thiophene rings is 1. The molecule has 4 aromatic heterocycles. The van der Waals surface area contributed by atoms with E-state index in [2.05, 4.69) is 55.7 Å². The summed E-state index contributed by atoms with van der Waals surface area (Å²) < 4.78 is 9.09. The van der Waals surface area contributed by atoms with Gasteiger partial charge in [-0.05, 0) is 70.6 Å². The number of nitrogens with zero attached hydrogens (tertiary/aromatic N) is 6. The molecule has 0 amide bonds. The first-order valence-corrected chi connectivity index (χ1v) is 14.2. The summed E-state index contributed by atoms with van der Waals surface area (Å²) in [6.07, 6.45) is 2.61. The Morgan fingerprint density at radius 2 is 2.15 bits per heavy atom. The van der Waals surface area contributed by atoms with Crippen molar-refractivity contribution in [3.8, 4) is 5.75 Å². The number of aryl methyl sites for hydroxylation is 2. The van der Waals surface area contributed by atoms with Crippen LogP contribution in [0.25, 0.3) is 21.3 Å². The summed E-state index contributed by atoms with van der Waals surface area (Å²) in [4.78, 5) is 23.6. The Balaban J connectivity index is 1.42. The van der Waals surface area contributed by atoms with Crippen LogP contribution in [0.1, 0.15) is 53.6 Å². The molecular weight excluding hydrogens is 526 g/mol. The second-order valence-electron chi connectivity index (χ2n) is 10.4. The maximum Gasteiger partial charge on any atom is 0.304 e. The Kier molecular flexibility index (Phi) is 6.85. The van der Waals surface area contributed by atoms with Crippen LogP contribution in [-0.4, -0.2) is 53.6 Å². The predicted octanol–water partition coefficient (Wildman–Crippen LogP) is 4.64. The minimum Gasteiger partial charge on any atom is -0.487 e. The number of hydrogen-bond acceptors (Lipinski definition) is 9. The lowest BCUT2D eigenvalue weighted by atomic mass is 9.85. The van der Waals surface area contributed by atoms with Crippen molar-refractivity contribution in [3.05, 3.63) is 69.9 Å². The number of aromatic nitrogens is 5. The van der Waals surface area contributed by atoms with Crippen LogP contribution < -0.4 is 10.5 Å². The summed E-state index contributed by atoms with van der Waals surface area (Å²) in [7, 11) is 1.80. The molecule has 206 valence electrons. The summed E-state index contributed by atoms with van der Waals surface area (Å²) in [6, 6.07) is 10.1. The molecule has 1 unspecified atom stereocenters. The average molecular weight is 558 g/mol. The van der Waals surface area contributed by atoms with Gasteiger partial charge in [-0.1, -0.05) is 18.2 Å². The number of anilines is 1. The van der Waals surface area contributed by atoms with E-state index in [1.54, 1.807) is 35.3 Å². The van der Waals surface area contributed by atoms with E-state index in [1.165, 1.54) is 4.70 Å². The van der Waals surface area contributed by atoms with Gasteiger partial charge in [0.2, 0.25) is 0 Å². The SMILES string of the molecule is CC[C@@H]1CN(Cc2cc(C(CC(=O)O)c3cnc4c(nnn4C)c3C)cc3ccsc23)Cc2nc(N)ccc2O1. The van der Waals surface area contributed by atoms with Gasteiger partial charge in [-0.15, -0.1) is 16.4 Å². The van der Waals surface area contributed by atoms with E-state index in [0.717, 1.165) is 52.0 Å². The van der Waals surface area contributed by atoms with Crippen LogP contribution in [0.2, 0.25) is 0 Å². The lowest BCUT2D eigenvalue weighted by Crippen LogP contribution is -2.32. The highest BCUT2D eigenvalue weighted by atomic mass is 32.1. The van der Waals surface area contributed by atoms with Gasteiger partial charge >= 0.3 is 5.97 Å². The molecule has 0 fully saturated rings. The van der Waals surface area contributed by atoms with Gasteiger partial charge < -0.3 is 15.6 Å². The fourth-order valence-corrected chi connectivity index (χ4v) is 6.51. The molecule has 1 aromatic carbocycles. The Hall–Kier alpha value is -4.09. The maximum absolute atomic E-state index is 12.1. The molecule has 1 aliphatic rings. The molecule has 40 heavy (non-hydrogen) atoms. The number of pyridine rings is 2. The topological polar surface area (TPSA) is 132 Å². The number of nitrogen functional groups attached to an aromatic ring is 1. The molecule has 5 aromatic rings. The van der Waals surface area contributed by atoms with Gasteiger partial charge in [0.05, 0.1) is 12.1 Å². The van der Waals surface area contributed by atoms with Crippen molar-refractivity contribution in [3.63, 3.8) is 0 Å². The van der Waals surface area contributed by atoms with Crippen LogP contribution in [0.5, 0.6) is 5.75 Å². The smallest absolute Gasteiger partial charge is 0.304 e. The van der Waals surface area contributed by atoms with Gasteiger partial charge in [-0.25, -0.2) is 14.6 Å². The first kappa shape index (κ1) is 26.1. The largest absolute Gasteiger partial charge is 0.487 e. The van der Waals surface area contributed by atoms with Gasteiger partial charge in [0.25, 0.3) is 0 Å². The van der Waals surface area contributed by atoms with Crippen molar-refractivity contribution < 1.29 is 14.6 Å². The molecule has 0 saturated carbocycles. The Bertz CT molecular complexity index is 1730. The van der Waals surface area contributed by atoms with Gasteiger partial charge in [-0.2, -0.15) is 0 Å². The van der Waals surface area contributed by atoms with E-state index in [0.29, 0.717) is 30.1 Å². The summed E-state index contributed by atoms with van der Waals surface area (Å²) in [6.45, 7) is 6.11. The molecule has 10 nitrogen and oxygen atoms in total. The van der Waals surface area contributed by atoms with Crippen LogP contribution in [0.15, 0.2) is 41.9 Å². The maximum atomic E-state index is 12.1. The summed E-state index contributed by atoms with van der Waals surface area (Å²) in [5.41, 5.74) is 12.0. The molecule has 0 saturated heterocycles. The lowest BCUT2D eigenvalue weighted by molar-refractivity contribution is -0.137. The van der Waals surface area contributed by atoms with E-state index in [4.69, 9.17) is 10.5 Å². The van der Waals surface area contributed by atoms with Crippen LogP contribution in [0, 0.1) is 6.92 Å². The molecule has 2 atom stereocenters. The number of benzene rings is 1. The molecular formula is C29H31N7O3S. The lowest BCUT2D eigenvalue weighted by Gasteiger charge is -2.24. The number of carbonyl (C=O) groups is 1. The molecule has 6 rings (SSSR count). The predicted molar refractivity (Wildman–Crippen MR) is 154 cm³/mol. The zero-order chi connectivity index (χ0) is 28.0. The van der Waals surface area contributed by atoms with Crippen molar-refractivity contribution >= 4 is 44.4 Å². The average Bonchev–Trinajstić information content (AvgIpc) is 3.51. The summed E-state index contributed by atoms with van der Waals surface area (Å²) in [5.74, 6) is -0.00762. The quantitative estimate of drug-likeness (QED) is 0.294. The molecule has 3 N–H and O–H groups in total. The monoisotopic (exact) mass is 557 g/mol. The highest BCUT2D eigenvalue weighted by Crippen LogP contribution is 2.37. The second kappa shape index (κ2) is 10.5. The third kappa shape index (κ3) is 4.86. The number of carboxylic acids is 1. The van der Waals surface area contributed by atoms with Gasteiger partial charge in [0.15, 0.2) is 5.65 Å². The highest BCUT2D eigenvalue weighted by Gasteiger charge is 2.27. The fourth-order valence-electron chi connectivity index (χ4n) is 5.62. The van der Waals surface area contributed by atoms with E-state index in [-0.39, 0.29) is 12.5 Å². The first-order chi connectivity index (χ1) is 19.3. The fraction of sp³-hybridized carbons (Fsp3) is 0.345. The molecule has 0 aliphatic carbocycles. The van der Waals surface area contributed by atoms with Gasteiger partial charge in [0, 0.05) is 43.5 Å². The number of carboxylic acid groups (broad SMARTS) is 1. The van der Waals surface area contributed by atoms with Crippen molar-refractivity contribution in [2.45, 2.75) is 51.8 Å². The van der Waals surface area contributed by atoms with Crippen LogP contribution in [0.4, 0.5) is 5.82 Å². The number of aliphatic carboxylic acids is 1. The molecule has 1 aliphatic heterocycles. The standard InChI is InChI=1S/C29H31N7O3S/c1-4-20-14-36(15-23-24(39-20)5-6-25(30)32-23)13-19-10-18(9-17-7-8-40-28(17)19)21(11-26(37)38)22-12-31-29-27(16(22)2)33-34-35(29)3/h5-10,12,20-21H,4,11,13-15H2,1-3H3,(H2,30,32)(H,37,38)/t20-,21?/m1/s1. The van der Waals surface area contributed by atoms with E-state index < -0.39 is 11.9 Å². The minimum absolute atomic E-state index is 0.0286. The highest BCUT2D eigenvalue weighted by molar-refractivity contribution is 7.17. The Morgan fingerprint density at radius 3 is 2.95 bits per heavy atom. The minimum atomic E-state index is -0.869.